The summed E-state index contributed by atoms with van der Waals surface area (Å²) in [6, 6.07) is 18.4. The van der Waals surface area contributed by atoms with Gasteiger partial charge >= 0.3 is 0 Å². The fraction of sp³-hybridized carbons (Fsp3) is 0.278. The molecular formula is C18H20N4O. The number of benzene rings is 2. The molecule has 0 unspecified atom stereocenters. The SMILES string of the molecule is CCCCn1nnnc1COc1ccc(-c2ccccc2)cc1. The lowest BCUT2D eigenvalue weighted by molar-refractivity contribution is 0.285. The molecule has 118 valence electrons. The molecule has 3 aromatic rings. The molecule has 0 spiro atoms. The van der Waals surface area contributed by atoms with Crippen LogP contribution in [0.15, 0.2) is 54.6 Å². The van der Waals surface area contributed by atoms with Gasteiger partial charge in [0, 0.05) is 6.54 Å². The van der Waals surface area contributed by atoms with E-state index in [0.29, 0.717) is 6.61 Å². The molecule has 23 heavy (non-hydrogen) atoms. The zero-order chi connectivity index (χ0) is 15.9. The summed E-state index contributed by atoms with van der Waals surface area (Å²) < 4.78 is 7.61. The van der Waals surface area contributed by atoms with Crippen molar-refractivity contribution in [3.8, 4) is 16.9 Å². The minimum absolute atomic E-state index is 0.376. The van der Waals surface area contributed by atoms with Gasteiger partial charge in [0.2, 0.25) is 0 Å². The first-order valence-corrected chi connectivity index (χ1v) is 7.90. The van der Waals surface area contributed by atoms with Gasteiger partial charge in [-0.15, -0.1) is 5.10 Å². The van der Waals surface area contributed by atoms with Crippen molar-refractivity contribution in [2.75, 3.05) is 0 Å². The molecule has 0 bridgehead atoms. The van der Waals surface area contributed by atoms with E-state index in [1.165, 1.54) is 11.1 Å². The molecule has 5 heteroatoms. The lowest BCUT2D eigenvalue weighted by Crippen LogP contribution is -2.08. The maximum Gasteiger partial charge on any atom is 0.189 e. The summed E-state index contributed by atoms with van der Waals surface area (Å²) >= 11 is 0. The highest BCUT2D eigenvalue weighted by molar-refractivity contribution is 5.63. The normalized spacial score (nSPS) is 10.7. The predicted molar refractivity (Wildman–Crippen MR) is 88.9 cm³/mol. The van der Waals surface area contributed by atoms with Crippen molar-refractivity contribution in [2.24, 2.45) is 0 Å². The molecule has 0 saturated heterocycles. The van der Waals surface area contributed by atoms with Crippen LogP contribution in [0.1, 0.15) is 25.6 Å². The van der Waals surface area contributed by atoms with Crippen molar-refractivity contribution >= 4 is 0 Å². The largest absolute Gasteiger partial charge is 0.486 e. The molecule has 1 aromatic heterocycles. The highest BCUT2D eigenvalue weighted by atomic mass is 16.5. The van der Waals surface area contributed by atoms with Gasteiger partial charge in [-0.2, -0.15) is 0 Å². The minimum atomic E-state index is 0.376. The van der Waals surface area contributed by atoms with Gasteiger partial charge in [0.25, 0.3) is 0 Å². The van der Waals surface area contributed by atoms with Gasteiger partial charge in [-0.25, -0.2) is 4.68 Å². The van der Waals surface area contributed by atoms with E-state index in [4.69, 9.17) is 4.74 Å². The topological polar surface area (TPSA) is 52.8 Å². The van der Waals surface area contributed by atoms with Crippen LogP contribution in [0.2, 0.25) is 0 Å². The Morgan fingerprint density at radius 2 is 1.70 bits per heavy atom. The predicted octanol–water partition coefficient (Wildman–Crippen LogP) is 3.72. The van der Waals surface area contributed by atoms with Crippen LogP contribution >= 0.6 is 0 Å². The van der Waals surface area contributed by atoms with Crippen LogP contribution in [0.5, 0.6) is 5.75 Å². The average Bonchev–Trinajstić information content (AvgIpc) is 3.07. The van der Waals surface area contributed by atoms with Crippen molar-refractivity contribution in [2.45, 2.75) is 32.9 Å². The van der Waals surface area contributed by atoms with E-state index >= 15 is 0 Å². The van der Waals surface area contributed by atoms with Gasteiger partial charge < -0.3 is 4.74 Å². The van der Waals surface area contributed by atoms with E-state index in [-0.39, 0.29) is 0 Å². The van der Waals surface area contributed by atoms with Crippen molar-refractivity contribution < 1.29 is 4.74 Å². The van der Waals surface area contributed by atoms with Crippen LogP contribution in [0.4, 0.5) is 0 Å². The number of ether oxygens (including phenoxy) is 1. The van der Waals surface area contributed by atoms with Gasteiger partial charge in [0.1, 0.15) is 12.4 Å². The van der Waals surface area contributed by atoms with Crippen molar-refractivity contribution in [1.29, 1.82) is 0 Å². The van der Waals surface area contributed by atoms with Crippen LogP contribution in [-0.2, 0) is 13.2 Å². The van der Waals surface area contributed by atoms with Gasteiger partial charge in [-0.1, -0.05) is 55.8 Å². The Morgan fingerprint density at radius 1 is 0.957 bits per heavy atom. The molecule has 0 fully saturated rings. The molecule has 0 aliphatic rings. The monoisotopic (exact) mass is 308 g/mol. The molecule has 1 heterocycles. The van der Waals surface area contributed by atoms with Crippen LogP contribution in [0, 0.1) is 0 Å². The number of tetrazole rings is 1. The second-order valence-corrected chi connectivity index (χ2v) is 5.35. The van der Waals surface area contributed by atoms with Crippen LogP contribution in [0.3, 0.4) is 0 Å². The molecule has 0 saturated carbocycles. The molecule has 0 aliphatic heterocycles. The Labute approximate surface area is 135 Å². The van der Waals surface area contributed by atoms with E-state index in [0.717, 1.165) is 31.0 Å². The van der Waals surface area contributed by atoms with Gasteiger partial charge in [-0.3, -0.25) is 0 Å². The number of rotatable bonds is 7. The first kappa shape index (κ1) is 15.2. The van der Waals surface area contributed by atoms with Gasteiger partial charge in [0.15, 0.2) is 5.82 Å². The summed E-state index contributed by atoms with van der Waals surface area (Å²) in [5.74, 6) is 1.57. The molecule has 5 nitrogen and oxygen atoms in total. The summed E-state index contributed by atoms with van der Waals surface area (Å²) in [6.45, 7) is 3.35. The second kappa shape index (κ2) is 7.54. The third kappa shape index (κ3) is 3.94. The van der Waals surface area contributed by atoms with Crippen LogP contribution in [-0.4, -0.2) is 20.2 Å². The number of hydrogen-bond donors (Lipinski definition) is 0. The number of hydrogen-bond acceptors (Lipinski definition) is 4. The smallest absolute Gasteiger partial charge is 0.189 e. The zero-order valence-electron chi connectivity index (χ0n) is 13.2. The molecule has 0 amide bonds. The summed E-state index contributed by atoms with van der Waals surface area (Å²) in [4.78, 5) is 0. The molecular weight excluding hydrogens is 288 g/mol. The van der Waals surface area contributed by atoms with Crippen LogP contribution < -0.4 is 4.74 Å². The standard InChI is InChI=1S/C18H20N4O/c1-2-3-13-22-18(19-20-21-22)14-23-17-11-9-16(10-12-17)15-7-5-4-6-8-15/h4-12H,2-3,13-14H2,1H3. The first-order chi connectivity index (χ1) is 11.4. The average molecular weight is 308 g/mol. The lowest BCUT2D eigenvalue weighted by Gasteiger charge is -2.08. The third-order valence-corrected chi connectivity index (χ3v) is 3.66. The van der Waals surface area contributed by atoms with Crippen molar-refractivity contribution in [3.63, 3.8) is 0 Å². The number of unbranched alkanes of at least 4 members (excludes halogenated alkanes) is 1. The lowest BCUT2D eigenvalue weighted by atomic mass is 10.1. The molecule has 0 N–H and O–H groups in total. The van der Waals surface area contributed by atoms with Crippen LogP contribution in [0.25, 0.3) is 11.1 Å². The molecule has 2 aromatic carbocycles. The Morgan fingerprint density at radius 3 is 2.43 bits per heavy atom. The van der Waals surface area contributed by atoms with Crippen molar-refractivity contribution in [1.82, 2.24) is 20.2 Å². The summed E-state index contributed by atoms with van der Waals surface area (Å²) in [5.41, 5.74) is 2.37. The number of nitrogens with zero attached hydrogens (tertiary/aromatic N) is 4. The Bertz CT molecular complexity index is 722. The maximum atomic E-state index is 5.80. The molecule has 3 rings (SSSR count). The first-order valence-electron chi connectivity index (χ1n) is 7.90. The van der Waals surface area contributed by atoms with Gasteiger partial charge in [-0.05, 0) is 40.1 Å². The number of aromatic nitrogens is 4. The van der Waals surface area contributed by atoms with E-state index in [1.54, 1.807) is 0 Å². The number of aryl methyl sites for hydroxylation is 1. The Kier molecular flexibility index (Phi) is 4.99. The van der Waals surface area contributed by atoms with Gasteiger partial charge in [0.05, 0.1) is 0 Å². The Balaban J connectivity index is 1.62. The second-order valence-electron chi connectivity index (χ2n) is 5.35. The summed E-state index contributed by atoms with van der Waals surface area (Å²) in [5, 5.41) is 11.7. The fourth-order valence-corrected chi connectivity index (χ4v) is 2.33. The summed E-state index contributed by atoms with van der Waals surface area (Å²) in [7, 11) is 0. The molecule has 0 radical (unpaired) electrons. The van der Waals surface area contributed by atoms with E-state index in [1.807, 2.05) is 35.0 Å². The highest BCUT2D eigenvalue weighted by Gasteiger charge is 2.06. The molecule has 0 atom stereocenters. The quantitative estimate of drug-likeness (QED) is 0.667. The Hall–Kier alpha value is -2.69. The zero-order valence-corrected chi connectivity index (χ0v) is 13.2. The fourth-order valence-electron chi connectivity index (χ4n) is 2.33. The molecule has 0 aliphatic carbocycles. The minimum Gasteiger partial charge on any atom is -0.486 e. The summed E-state index contributed by atoms with van der Waals surface area (Å²) in [6.07, 6.45) is 2.17. The van der Waals surface area contributed by atoms with E-state index in [9.17, 15) is 0 Å². The highest BCUT2D eigenvalue weighted by Crippen LogP contribution is 2.22. The van der Waals surface area contributed by atoms with E-state index < -0.39 is 0 Å². The third-order valence-electron chi connectivity index (χ3n) is 3.66. The maximum absolute atomic E-state index is 5.80. The van der Waals surface area contributed by atoms with E-state index in [2.05, 4.69) is 46.7 Å². The van der Waals surface area contributed by atoms with Crippen molar-refractivity contribution in [3.05, 3.63) is 60.4 Å².